The van der Waals surface area contributed by atoms with Crippen LogP contribution in [-0.4, -0.2) is 38.0 Å². The highest BCUT2D eigenvalue weighted by Gasteiger charge is 2.22. The van der Waals surface area contributed by atoms with Crippen molar-refractivity contribution in [3.05, 3.63) is 41.7 Å². The number of carbonyl (C=O) groups is 2. The van der Waals surface area contributed by atoms with Crippen molar-refractivity contribution in [3.63, 3.8) is 0 Å². The lowest BCUT2D eigenvalue weighted by Gasteiger charge is -2.23. The van der Waals surface area contributed by atoms with Gasteiger partial charge in [-0.2, -0.15) is 0 Å². The summed E-state index contributed by atoms with van der Waals surface area (Å²) in [6.45, 7) is 1.76. The molecule has 0 unspecified atom stereocenters. The molecule has 2 aromatic rings. The zero-order valence-corrected chi connectivity index (χ0v) is 17.2. The molecule has 1 atom stereocenters. The molecule has 28 heavy (non-hydrogen) atoms. The molecule has 1 aliphatic carbocycles. The molecule has 2 N–H and O–H groups in total. The maximum atomic E-state index is 12.4. The van der Waals surface area contributed by atoms with Gasteiger partial charge in [0.25, 0.3) is 0 Å². The van der Waals surface area contributed by atoms with E-state index in [1.54, 1.807) is 6.92 Å². The summed E-state index contributed by atoms with van der Waals surface area (Å²) in [6, 6.07) is 9.81. The molecule has 0 saturated heterocycles. The third-order valence-corrected chi connectivity index (χ3v) is 6.09. The van der Waals surface area contributed by atoms with E-state index < -0.39 is 11.3 Å². The summed E-state index contributed by atoms with van der Waals surface area (Å²) in [5.74, 6) is 0.502. The fourth-order valence-electron chi connectivity index (χ4n) is 3.27. The van der Waals surface area contributed by atoms with Crippen LogP contribution in [0.5, 0.6) is 0 Å². The standard InChI is InChI=1S/C20H27N5O2S/c1-14(18(26)22-19(27)21-16-11-7-4-8-12-16)28-20-24-23-17(25(20)2)13-15-9-5-3-6-10-15/h3,5-6,9-10,14,16H,4,7-8,11-13H2,1-2H3,(H2,21,22,26,27)/t14-/m0/s1. The van der Waals surface area contributed by atoms with Crippen molar-refractivity contribution in [1.82, 2.24) is 25.4 Å². The quantitative estimate of drug-likeness (QED) is 0.726. The maximum absolute atomic E-state index is 12.4. The normalized spacial score (nSPS) is 15.8. The maximum Gasteiger partial charge on any atom is 0.321 e. The van der Waals surface area contributed by atoms with Gasteiger partial charge in [-0.3, -0.25) is 10.1 Å². The highest BCUT2D eigenvalue weighted by atomic mass is 32.2. The predicted molar refractivity (Wildman–Crippen MR) is 109 cm³/mol. The average Bonchev–Trinajstić information content (AvgIpc) is 3.03. The Labute approximate surface area is 169 Å². The van der Waals surface area contributed by atoms with Crippen LogP contribution in [0.1, 0.15) is 50.4 Å². The number of nitrogens with one attached hydrogen (secondary N) is 2. The number of thioether (sulfide) groups is 1. The van der Waals surface area contributed by atoms with Gasteiger partial charge in [-0.15, -0.1) is 10.2 Å². The van der Waals surface area contributed by atoms with Gasteiger partial charge in [0.15, 0.2) is 5.16 Å². The Bertz CT molecular complexity index is 802. The van der Waals surface area contributed by atoms with Crippen LogP contribution in [0.2, 0.25) is 0 Å². The third kappa shape index (κ3) is 5.58. The van der Waals surface area contributed by atoms with Crippen molar-refractivity contribution >= 4 is 23.7 Å². The molecule has 8 heteroatoms. The monoisotopic (exact) mass is 401 g/mol. The number of benzene rings is 1. The van der Waals surface area contributed by atoms with Crippen LogP contribution in [0.15, 0.2) is 35.5 Å². The van der Waals surface area contributed by atoms with Gasteiger partial charge < -0.3 is 9.88 Å². The van der Waals surface area contributed by atoms with Gasteiger partial charge in [-0.05, 0) is 25.3 Å². The summed E-state index contributed by atoms with van der Waals surface area (Å²) in [5, 5.41) is 14.0. The molecular formula is C20H27N5O2S. The van der Waals surface area contributed by atoms with Crippen LogP contribution >= 0.6 is 11.8 Å². The first-order chi connectivity index (χ1) is 13.5. The second-order valence-corrected chi connectivity index (χ2v) is 8.49. The molecule has 1 aromatic carbocycles. The lowest BCUT2D eigenvalue weighted by Crippen LogP contribution is -2.47. The average molecular weight is 402 g/mol. The second kappa shape index (κ2) is 9.73. The van der Waals surface area contributed by atoms with Crippen LogP contribution in [0.25, 0.3) is 0 Å². The Hall–Kier alpha value is -2.35. The van der Waals surface area contributed by atoms with E-state index in [4.69, 9.17) is 0 Å². The summed E-state index contributed by atoms with van der Waals surface area (Å²) >= 11 is 1.30. The molecule has 150 valence electrons. The molecule has 1 aromatic heterocycles. The highest BCUT2D eigenvalue weighted by molar-refractivity contribution is 8.00. The number of urea groups is 1. The van der Waals surface area contributed by atoms with E-state index in [2.05, 4.69) is 20.8 Å². The van der Waals surface area contributed by atoms with Crippen LogP contribution in [0.3, 0.4) is 0 Å². The van der Waals surface area contributed by atoms with E-state index in [0.717, 1.165) is 37.1 Å². The summed E-state index contributed by atoms with van der Waals surface area (Å²) in [5.41, 5.74) is 1.15. The van der Waals surface area contributed by atoms with Crippen LogP contribution < -0.4 is 10.6 Å². The fourth-order valence-corrected chi connectivity index (χ4v) is 4.11. The molecule has 0 radical (unpaired) electrons. The molecule has 3 amide bonds. The minimum atomic E-state index is -0.454. The first-order valence-electron chi connectivity index (χ1n) is 9.73. The minimum Gasteiger partial charge on any atom is -0.335 e. The number of hydrogen-bond donors (Lipinski definition) is 2. The van der Waals surface area contributed by atoms with Crippen molar-refractivity contribution in [1.29, 1.82) is 0 Å². The largest absolute Gasteiger partial charge is 0.335 e. The Morgan fingerprint density at radius 1 is 1.18 bits per heavy atom. The van der Waals surface area contributed by atoms with Crippen LogP contribution in [0.4, 0.5) is 4.79 Å². The number of carbonyl (C=O) groups excluding carboxylic acids is 2. The van der Waals surface area contributed by atoms with Gasteiger partial charge in [-0.25, -0.2) is 4.79 Å². The molecule has 0 aliphatic heterocycles. The number of amides is 3. The fraction of sp³-hybridized carbons (Fsp3) is 0.500. The van der Waals surface area contributed by atoms with Gasteiger partial charge >= 0.3 is 6.03 Å². The van der Waals surface area contributed by atoms with Crippen molar-refractivity contribution < 1.29 is 9.59 Å². The van der Waals surface area contributed by atoms with Crippen molar-refractivity contribution in [3.8, 4) is 0 Å². The molecule has 0 bridgehead atoms. The summed E-state index contributed by atoms with van der Waals surface area (Å²) in [7, 11) is 1.89. The number of hydrogen-bond acceptors (Lipinski definition) is 5. The topological polar surface area (TPSA) is 88.9 Å². The van der Waals surface area contributed by atoms with E-state index in [1.807, 2.05) is 41.9 Å². The first kappa shape index (κ1) is 20.4. The van der Waals surface area contributed by atoms with Crippen molar-refractivity contribution in [2.45, 2.75) is 61.9 Å². The highest BCUT2D eigenvalue weighted by Crippen LogP contribution is 2.22. The van der Waals surface area contributed by atoms with E-state index >= 15 is 0 Å². The van der Waals surface area contributed by atoms with Gasteiger partial charge in [0.1, 0.15) is 5.82 Å². The van der Waals surface area contributed by atoms with E-state index in [9.17, 15) is 9.59 Å². The summed E-state index contributed by atoms with van der Waals surface area (Å²) in [4.78, 5) is 24.4. The molecule has 1 heterocycles. The van der Waals surface area contributed by atoms with Gasteiger partial charge in [0.05, 0.1) is 5.25 Å². The van der Waals surface area contributed by atoms with Crippen LogP contribution in [-0.2, 0) is 18.3 Å². The lowest BCUT2D eigenvalue weighted by molar-refractivity contribution is -0.119. The van der Waals surface area contributed by atoms with Gasteiger partial charge in [-0.1, -0.05) is 61.4 Å². The zero-order valence-electron chi connectivity index (χ0n) is 16.4. The number of imide groups is 1. The first-order valence-corrected chi connectivity index (χ1v) is 10.6. The number of aromatic nitrogens is 3. The van der Waals surface area contributed by atoms with Crippen molar-refractivity contribution in [2.75, 3.05) is 0 Å². The second-order valence-electron chi connectivity index (χ2n) is 7.18. The molecule has 7 nitrogen and oxygen atoms in total. The summed E-state index contributed by atoms with van der Waals surface area (Å²) < 4.78 is 1.89. The number of rotatable bonds is 6. The van der Waals surface area contributed by atoms with E-state index in [-0.39, 0.29) is 11.9 Å². The molecule has 0 spiro atoms. The minimum absolute atomic E-state index is 0.170. The van der Waals surface area contributed by atoms with E-state index in [1.165, 1.54) is 18.2 Å². The SMILES string of the molecule is C[C@H](Sc1nnc(Cc2ccccc2)n1C)C(=O)NC(=O)NC1CCCCC1. The zero-order chi connectivity index (χ0) is 19.9. The number of nitrogens with zero attached hydrogens (tertiary/aromatic N) is 3. The smallest absolute Gasteiger partial charge is 0.321 e. The molecule has 1 fully saturated rings. The Kier molecular flexibility index (Phi) is 7.08. The Morgan fingerprint density at radius 3 is 2.61 bits per heavy atom. The lowest BCUT2D eigenvalue weighted by atomic mass is 9.96. The van der Waals surface area contributed by atoms with Gasteiger partial charge in [0.2, 0.25) is 5.91 Å². The molecule has 1 saturated carbocycles. The Balaban J connectivity index is 1.51. The third-order valence-electron chi connectivity index (χ3n) is 4.96. The van der Waals surface area contributed by atoms with Crippen molar-refractivity contribution in [2.24, 2.45) is 7.05 Å². The summed E-state index contributed by atoms with van der Waals surface area (Å²) in [6.07, 6.45) is 6.11. The molecule has 1 aliphatic rings. The van der Waals surface area contributed by atoms with Crippen LogP contribution in [0, 0.1) is 0 Å². The van der Waals surface area contributed by atoms with E-state index in [0.29, 0.717) is 11.6 Å². The molecular weight excluding hydrogens is 374 g/mol. The predicted octanol–water partition coefficient (Wildman–Crippen LogP) is 3.05. The molecule has 3 rings (SSSR count). The van der Waals surface area contributed by atoms with Gasteiger partial charge in [0, 0.05) is 19.5 Å². The Morgan fingerprint density at radius 2 is 1.89 bits per heavy atom.